The molecule has 0 aliphatic heterocycles. The maximum atomic E-state index is 6.27. The molecular formula is C48H38N2O. The molecule has 7 aromatic carbocycles. The lowest BCUT2D eigenvalue weighted by molar-refractivity contribution is 0.346. The van der Waals surface area contributed by atoms with Gasteiger partial charge in [-0.3, -0.25) is 0 Å². The van der Waals surface area contributed by atoms with Crippen LogP contribution in [0.1, 0.15) is 43.2 Å². The molecule has 1 fully saturated rings. The highest BCUT2D eigenvalue weighted by Gasteiger charge is 2.35. The molecule has 51 heavy (non-hydrogen) atoms. The summed E-state index contributed by atoms with van der Waals surface area (Å²) in [6.45, 7) is 0. The maximum absolute atomic E-state index is 6.27. The molecule has 3 nitrogen and oxygen atoms in total. The van der Waals surface area contributed by atoms with Crippen LogP contribution in [0.5, 0.6) is 0 Å². The Hall–Kier alpha value is -6.06. The van der Waals surface area contributed by atoms with E-state index in [0.29, 0.717) is 0 Å². The van der Waals surface area contributed by atoms with Crippen molar-refractivity contribution in [2.45, 2.75) is 37.5 Å². The fourth-order valence-corrected chi connectivity index (χ4v) is 8.84. The molecule has 0 unspecified atom stereocenters. The summed E-state index contributed by atoms with van der Waals surface area (Å²) in [6.07, 6.45) is 6.21. The number of aromatic nitrogens is 1. The van der Waals surface area contributed by atoms with E-state index in [2.05, 4.69) is 173 Å². The van der Waals surface area contributed by atoms with Crippen LogP contribution < -0.4 is 4.90 Å². The van der Waals surface area contributed by atoms with Crippen molar-refractivity contribution in [3.05, 3.63) is 181 Å². The van der Waals surface area contributed by atoms with E-state index >= 15 is 0 Å². The molecule has 0 saturated heterocycles. The Kier molecular flexibility index (Phi) is 7.06. The van der Waals surface area contributed by atoms with E-state index in [9.17, 15) is 0 Å². The van der Waals surface area contributed by atoms with Crippen molar-refractivity contribution < 1.29 is 4.42 Å². The Balaban J connectivity index is 1.18. The Morgan fingerprint density at radius 1 is 0.431 bits per heavy atom. The Labute approximate surface area is 298 Å². The molecular weight excluding hydrogens is 621 g/mol. The third kappa shape index (κ3) is 4.87. The first-order valence-corrected chi connectivity index (χ1v) is 18.2. The van der Waals surface area contributed by atoms with Gasteiger partial charge in [0.15, 0.2) is 0 Å². The summed E-state index contributed by atoms with van der Waals surface area (Å²) in [7, 11) is 0. The van der Waals surface area contributed by atoms with Crippen LogP contribution >= 0.6 is 0 Å². The van der Waals surface area contributed by atoms with Crippen LogP contribution in [0, 0.1) is 0 Å². The smallest absolute Gasteiger partial charge is 0.135 e. The molecule has 1 aliphatic rings. The Morgan fingerprint density at radius 3 is 1.82 bits per heavy atom. The molecule has 1 aliphatic carbocycles. The van der Waals surface area contributed by atoms with E-state index in [1.165, 1.54) is 65.0 Å². The monoisotopic (exact) mass is 658 g/mol. The summed E-state index contributed by atoms with van der Waals surface area (Å²) in [4.78, 5) is 2.41. The highest BCUT2D eigenvalue weighted by atomic mass is 16.3. The first kappa shape index (κ1) is 29.8. The minimum atomic E-state index is 0.0486. The first-order chi connectivity index (χ1) is 25.3. The highest BCUT2D eigenvalue weighted by molar-refractivity contribution is 6.11. The van der Waals surface area contributed by atoms with Gasteiger partial charge >= 0.3 is 0 Å². The van der Waals surface area contributed by atoms with Gasteiger partial charge in [0.05, 0.1) is 11.0 Å². The van der Waals surface area contributed by atoms with Gasteiger partial charge in [0.2, 0.25) is 0 Å². The van der Waals surface area contributed by atoms with Crippen molar-refractivity contribution in [3.63, 3.8) is 0 Å². The molecule has 0 atom stereocenters. The standard InChI is InChI=1S/C48H38N2O/c1-4-14-34(15-5-1)48(30-12-3-13-31-48)35-22-24-37(25-23-35)49(38-27-29-47-43(32-38)42-19-9-11-21-46(42)51-47)39-26-28-41-40-18-8-10-20-44(40)50(45(41)33-39)36-16-6-2-7-17-36/h1-2,4-11,14-29,32-33H,3,12-13,30-31H2. The molecule has 1 saturated carbocycles. The van der Waals surface area contributed by atoms with Crippen LogP contribution in [0.4, 0.5) is 17.1 Å². The second-order valence-electron chi connectivity index (χ2n) is 14.1. The van der Waals surface area contributed by atoms with Gasteiger partial charge in [0.1, 0.15) is 11.2 Å². The number of benzene rings is 7. The van der Waals surface area contributed by atoms with Gasteiger partial charge in [-0.05, 0) is 90.7 Å². The third-order valence-corrected chi connectivity index (χ3v) is 11.3. The number of hydrogen-bond acceptors (Lipinski definition) is 2. The van der Waals surface area contributed by atoms with Gasteiger partial charge in [-0.25, -0.2) is 0 Å². The Morgan fingerprint density at radius 2 is 1.02 bits per heavy atom. The predicted octanol–water partition coefficient (Wildman–Crippen LogP) is 13.4. The summed E-state index contributed by atoms with van der Waals surface area (Å²) in [5.41, 5.74) is 11.6. The van der Waals surface area contributed by atoms with Crippen molar-refractivity contribution in [2.24, 2.45) is 0 Å². The van der Waals surface area contributed by atoms with Gasteiger partial charge in [-0.1, -0.05) is 122 Å². The average molecular weight is 659 g/mol. The summed E-state index contributed by atoms with van der Waals surface area (Å²) >= 11 is 0. The molecule has 2 heterocycles. The topological polar surface area (TPSA) is 21.3 Å². The van der Waals surface area contributed by atoms with E-state index in [1.54, 1.807) is 0 Å². The fraction of sp³-hybridized carbons (Fsp3) is 0.125. The van der Waals surface area contributed by atoms with E-state index in [0.717, 1.165) is 44.7 Å². The zero-order valence-corrected chi connectivity index (χ0v) is 28.5. The minimum absolute atomic E-state index is 0.0486. The Bertz CT molecular complexity index is 2660. The first-order valence-electron chi connectivity index (χ1n) is 18.2. The molecule has 0 spiro atoms. The zero-order valence-electron chi connectivity index (χ0n) is 28.5. The fourth-order valence-electron chi connectivity index (χ4n) is 8.84. The van der Waals surface area contributed by atoms with Crippen molar-refractivity contribution in [3.8, 4) is 5.69 Å². The molecule has 0 radical (unpaired) electrons. The minimum Gasteiger partial charge on any atom is -0.456 e. The van der Waals surface area contributed by atoms with Crippen LogP contribution in [0.15, 0.2) is 174 Å². The van der Waals surface area contributed by atoms with Crippen LogP contribution in [0.2, 0.25) is 0 Å². The quantitative estimate of drug-likeness (QED) is 0.177. The lowest BCUT2D eigenvalue weighted by atomic mass is 9.65. The summed E-state index contributed by atoms with van der Waals surface area (Å²) in [6, 6.07) is 62.0. The number of hydrogen-bond donors (Lipinski definition) is 0. The van der Waals surface area contributed by atoms with Crippen molar-refractivity contribution in [2.75, 3.05) is 4.90 Å². The van der Waals surface area contributed by atoms with E-state index in [-0.39, 0.29) is 5.41 Å². The molecule has 246 valence electrons. The molecule has 2 aromatic heterocycles. The van der Waals surface area contributed by atoms with Crippen molar-refractivity contribution in [1.29, 1.82) is 0 Å². The lowest BCUT2D eigenvalue weighted by Crippen LogP contribution is -2.30. The zero-order chi connectivity index (χ0) is 33.8. The normalized spacial score (nSPS) is 14.4. The predicted molar refractivity (Wildman–Crippen MR) is 213 cm³/mol. The molecule has 3 heteroatoms. The number of rotatable bonds is 6. The average Bonchev–Trinajstić information content (AvgIpc) is 3.74. The van der Waals surface area contributed by atoms with Gasteiger partial charge in [0, 0.05) is 49.7 Å². The van der Waals surface area contributed by atoms with Crippen molar-refractivity contribution >= 4 is 60.8 Å². The molecule has 0 N–H and O–H groups in total. The van der Waals surface area contributed by atoms with Crippen LogP contribution in [0.25, 0.3) is 49.4 Å². The summed E-state index contributed by atoms with van der Waals surface area (Å²) in [5, 5.41) is 4.75. The van der Waals surface area contributed by atoms with Gasteiger partial charge in [-0.2, -0.15) is 0 Å². The SMILES string of the molecule is c1ccc(-n2c3ccccc3c3ccc(N(c4ccc(C5(c6ccccc6)CCCCC5)cc4)c4ccc5oc6ccccc6c5c4)cc32)cc1. The number of para-hydroxylation sites is 3. The van der Waals surface area contributed by atoms with E-state index in [4.69, 9.17) is 4.42 Å². The van der Waals surface area contributed by atoms with Crippen LogP contribution in [-0.2, 0) is 5.41 Å². The lowest BCUT2D eigenvalue weighted by Gasteiger charge is -2.39. The van der Waals surface area contributed by atoms with Gasteiger partial charge < -0.3 is 13.9 Å². The van der Waals surface area contributed by atoms with Crippen LogP contribution in [-0.4, -0.2) is 4.57 Å². The number of nitrogens with zero attached hydrogens (tertiary/aromatic N) is 2. The summed E-state index contributed by atoms with van der Waals surface area (Å²) < 4.78 is 8.67. The third-order valence-electron chi connectivity index (χ3n) is 11.3. The van der Waals surface area contributed by atoms with Crippen molar-refractivity contribution in [1.82, 2.24) is 4.57 Å². The highest BCUT2D eigenvalue weighted by Crippen LogP contribution is 2.47. The molecule has 0 bridgehead atoms. The molecule has 9 aromatic rings. The number of anilines is 3. The second-order valence-corrected chi connectivity index (χ2v) is 14.1. The van der Waals surface area contributed by atoms with E-state index < -0.39 is 0 Å². The van der Waals surface area contributed by atoms with E-state index in [1.807, 2.05) is 6.07 Å². The molecule has 0 amide bonds. The molecule has 10 rings (SSSR count). The second kappa shape index (κ2) is 12.1. The van der Waals surface area contributed by atoms with Gasteiger partial charge in [-0.15, -0.1) is 0 Å². The number of fused-ring (bicyclic) bond motifs is 6. The maximum Gasteiger partial charge on any atom is 0.135 e. The van der Waals surface area contributed by atoms with Gasteiger partial charge in [0.25, 0.3) is 0 Å². The summed E-state index contributed by atoms with van der Waals surface area (Å²) in [5.74, 6) is 0. The number of furan rings is 1. The van der Waals surface area contributed by atoms with Crippen LogP contribution in [0.3, 0.4) is 0 Å². The largest absolute Gasteiger partial charge is 0.456 e.